The zero-order chi connectivity index (χ0) is 11.4. The van der Waals surface area contributed by atoms with Gasteiger partial charge in [0.2, 0.25) is 0 Å². The molecule has 0 spiro atoms. The molecule has 0 atom stereocenters. The van der Waals surface area contributed by atoms with E-state index in [1.807, 2.05) is 6.08 Å². The third kappa shape index (κ3) is 2.01. The second-order valence-corrected chi connectivity index (χ2v) is 3.70. The topological polar surface area (TPSA) is 4.93 Å². The highest BCUT2D eigenvalue weighted by molar-refractivity contribution is 5.83. The van der Waals surface area contributed by atoms with Crippen LogP contribution in [0.15, 0.2) is 36.4 Å². The van der Waals surface area contributed by atoms with Crippen LogP contribution in [-0.4, -0.2) is 4.57 Å². The molecule has 0 aliphatic heterocycles. The lowest BCUT2D eigenvalue weighted by Gasteiger charge is -1.97. The molecule has 80 valence electrons. The molecule has 1 aromatic carbocycles. The number of para-hydroxylation sites is 1. The second-order valence-electron chi connectivity index (χ2n) is 3.70. The number of hydrogen-bond donors (Lipinski definition) is 0. The average molecular weight is 209 g/mol. The molecular formula is C15H15N. The molecule has 0 radical (unpaired) electrons. The molecule has 1 nitrogen and oxygen atoms in total. The van der Waals surface area contributed by atoms with Crippen LogP contribution in [-0.2, 0) is 7.05 Å². The number of fused-ring (bicyclic) bond motifs is 1. The van der Waals surface area contributed by atoms with Crippen molar-refractivity contribution >= 4 is 17.0 Å². The van der Waals surface area contributed by atoms with E-state index >= 15 is 0 Å². The summed E-state index contributed by atoms with van der Waals surface area (Å²) < 4.78 is 2.18. The first-order valence-electron chi connectivity index (χ1n) is 5.52. The number of hydrogen-bond acceptors (Lipinski definition) is 0. The van der Waals surface area contributed by atoms with Crippen LogP contribution in [0.3, 0.4) is 0 Å². The summed E-state index contributed by atoms with van der Waals surface area (Å²) in [6, 6.07) is 10.6. The van der Waals surface area contributed by atoms with Gasteiger partial charge in [-0.1, -0.05) is 37.0 Å². The molecule has 0 N–H and O–H groups in total. The maximum absolute atomic E-state index is 3.03. The molecular weight excluding hydrogens is 194 g/mol. The maximum atomic E-state index is 3.03. The van der Waals surface area contributed by atoms with E-state index in [0.717, 1.165) is 6.42 Å². The van der Waals surface area contributed by atoms with E-state index in [1.54, 1.807) is 0 Å². The molecule has 0 fully saturated rings. The number of aryl methyl sites for hydroxylation is 1. The number of benzene rings is 1. The van der Waals surface area contributed by atoms with E-state index < -0.39 is 0 Å². The minimum atomic E-state index is 0.902. The Labute approximate surface area is 96.4 Å². The van der Waals surface area contributed by atoms with Gasteiger partial charge < -0.3 is 4.57 Å². The monoisotopic (exact) mass is 209 g/mol. The lowest BCUT2D eigenvalue weighted by Crippen LogP contribution is -1.88. The summed E-state index contributed by atoms with van der Waals surface area (Å²) in [7, 11) is 2.08. The first-order valence-corrected chi connectivity index (χ1v) is 5.52. The van der Waals surface area contributed by atoms with Gasteiger partial charge in [0.1, 0.15) is 0 Å². The highest BCUT2D eigenvalue weighted by atomic mass is 14.9. The third-order valence-electron chi connectivity index (χ3n) is 2.61. The number of aromatic nitrogens is 1. The van der Waals surface area contributed by atoms with Gasteiger partial charge in [-0.25, -0.2) is 0 Å². The molecule has 2 rings (SSSR count). The van der Waals surface area contributed by atoms with Crippen LogP contribution in [0.2, 0.25) is 0 Å². The Balaban J connectivity index is 2.38. The average Bonchev–Trinajstić information content (AvgIpc) is 2.63. The fraction of sp³-hybridized carbons (Fsp3) is 0.200. The fourth-order valence-corrected chi connectivity index (χ4v) is 1.76. The van der Waals surface area contributed by atoms with Crippen molar-refractivity contribution in [3.63, 3.8) is 0 Å². The minimum absolute atomic E-state index is 0.902. The van der Waals surface area contributed by atoms with Gasteiger partial charge in [-0.3, -0.25) is 0 Å². The van der Waals surface area contributed by atoms with E-state index in [9.17, 15) is 0 Å². The number of rotatable bonds is 1. The SMILES string of the molecule is CCC#C/C=C\c1cc2ccccc2n1C. The number of allylic oxidation sites excluding steroid dienone is 1. The van der Waals surface area contributed by atoms with E-state index in [0.29, 0.717) is 0 Å². The fourth-order valence-electron chi connectivity index (χ4n) is 1.76. The van der Waals surface area contributed by atoms with Crippen LogP contribution < -0.4 is 0 Å². The highest BCUT2D eigenvalue weighted by Gasteiger charge is 2.00. The van der Waals surface area contributed by atoms with Crippen molar-refractivity contribution in [2.45, 2.75) is 13.3 Å². The quantitative estimate of drug-likeness (QED) is 0.632. The number of nitrogens with zero attached hydrogens (tertiary/aromatic N) is 1. The summed E-state index contributed by atoms with van der Waals surface area (Å²) >= 11 is 0. The molecule has 0 unspecified atom stereocenters. The van der Waals surface area contributed by atoms with Crippen LogP contribution >= 0.6 is 0 Å². The van der Waals surface area contributed by atoms with Crippen molar-refractivity contribution < 1.29 is 0 Å². The van der Waals surface area contributed by atoms with Gasteiger partial charge in [-0.05, 0) is 24.3 Å². The first-order chi connectivity index (χ1) is 7.83. The van der Waals surface area contributed by atoms with Crippen LogP contribution in [0.5, 0.6) is 0 Å². The molecule has 1 aromatic heterocycles. The van der Waals surface area contributed by atoms with Crippen LogP contribution in [0.4, 0.5) is 0 Å². The van der Waals surface area contributed by atoms with Crippen LogP contribution in [0.25, 0.3) is 17.0 Å². The van der Waals surface area contributed by atoms with Gasteiger partial charge in [0.15, 0.2) is 0 Å². The van der Waals surface area contributed by atoms with Gasteiger partial charge in [0.05, 0.1) is 0 Å². The molecule has 0 saturated carbocycles. The summed E-state index contributed by atoms with van der Waals surface area (Å²) in [5, 5.41) is 1.27. The predicted octanol–water partition coefficient (Wildman–Crippen LogP) is 3.60. The molecule has 0 saturated heterocycles. The Hall–Kier alpha value is -1.94. The summed E-state index contributed by atoms with van der Waals surface area (Å²) in [4.78, 5) is 0. The smallest absolute Gasteiger partial charge is 0.0482 e. The molecule has 2 aromatic rings. The molecule has 0 bridgehead atoms. The van der Waals surface area contributed by atoms with Crippen molar-refractivity contribution in [1.29, 1.82) is 0 Å². The second kappa shape index (κ2) is 4.72. The maximum Gasteiger partial charge on any atom is 0.0482 e. The van der Waals surface area contributed by atoms with Crippen molar-refractivity contribution in [3.05, 3.63) is 42.1 Å². The van der Waals surface area contributed by atoms with Gasteiger partial charge >= 0.3 is 0 Å². The first kappa shape index (κ1) is 10.6. The molecule has 16 heavy (non-hydrogen) atoms. The van der Waals surface area contributed by atoms with E-state index in [4.69, 9.17) is 0 Å². The zero-order valence-electron chi connectivity index (χ0n) is 9.70. The summed E-state index contributed by atoms with van der Waals surface area (Å²) in [6.45, 7) is 2.05. The van der Waals surface area contributed by atoms with E-state index in [1.165, 1.54) is 16.6 Å². The van der Waals surface area contributed by atoms with Gasteiger partial charge in [-0.2, -0.15) is 0 Å². The zero-order valence-corrected chi connectivity index (χ0v) is 9.70. The molecule has 0 amide bonds. The van der Waals surface area contributed by atoms with Gasteiger partial charge in [0, 0.05) is 30.1 Å². The highest BCUT2D eigenvalue weighted by Crippen LogP contribution is 2.18. The van der Waals surface area contributed by atoms with Gasteiger partial charge in [-0.15, -0.1) is 0 Å². The standard InChI is InChI=1S/C15H15N/c1-3-4-5-6-10-14-12-13-9-7-8-11-15(13)16(14)2/h6-12H,3H2,1-2H3/b10-6-. The molecule has 1 heteroatoms. The van der Waals surface area contributed by atoms with Crippen molar-refractivity contribution in [3.8, 4) is 11.8 Å². The Morgan fingerprint density at radius 2 is 2.12 bits per heavy atom. The Morgan fingerprint density at radius 3 is 2.88 bits per heavy atom. The lowest BCUT2D eigenvalue weighted by molar-refractivity contribution is 0.955. The summed E-state index contributed by atoms with van der Waals surface area (Å²) in [6.07, 6.45) is 4.87. The Morgan fingerprint density at radius 1 is 1.31 bits per heavy atom. The van der Waals surface area contributed by atoms with E-state index in [2.05, 4.69) is 66.8 Å². The third-order valence-corrected chi connectivity index (χ3v) is 2.61. The van der Waals surface area contributed by atoms with Crippen LogP contribution in [0.1, 0.15) is 19.0 Å². The van der Waals surface area contributed by atoms with E-state index in [-0.39, 0.29) is 0 Å². The molecule has 0 aliphatic carbocycles. The van der Waals surface area contributed by atoms with Crippen molar-refractivity contribution in [1.82, 2.24) is 4.57 Å². The largest absolute Gasteiger partial charge is 0.344 e. The molecule has 0 aliphatic rings. The predicted molar refractivity (Wildman–Crippen MR) is 70.0 cm³/mol. The Kier molecular flexibility index (Phi) is 3.12. The van der Waals surface area contributed by atoms with Crippen molar-refractivity contribution in [2.75, 3.05) is 0 Å². The summed E-state index contributed by atoms with van der Waals surface area (Å²) in [5.74, 6) is 6.04. The van der Waals surface area contributed by atoms with Crippen molar-refractivity contribution in [2.24, 2.45) is 7.05 Å². The van der Waals surface area contributed by atoms with Gasteiger partial charge in [0.25, 0.3) is 0 Å². The molecule has 1 heterocycles. The minimum Gasteiger partial charge on any atom is -0.344 e. The lowest BCUT2D eigenvalue weighted by atomic mass is 10.2. The summed E-state index contributed by atoms with van der Waals surface area (Å²) in [5.41, 5.74) is 2.44. The van der Waals surface area contributed by atoms with Crippen LogP contribution in [0, 0.1) is 11.8 Å². The normalized spacial score (nSPS) is 10.6. The Bertz CT molecular complexity index is 576.